The highest BCUT2D eigenvalue weighted by Crippen LogP contribution is 2.46. The molecule has 2 atom stereocenters. The average Bonchev–Trinajstić information content (AvgIpc) is 2.98. The summed E-state index contributed by atoms with van der Waals surface area (Å²) in [6.45, 7) is 0.775. The van der Waals surface area contributed by atoms with Gasteiger partial charge in [0.05, 0.1) is 18.0 Å². The van der Waals surface area contributed by atoms with E-state index < -0.39 is 6.10 Å². The van der Waals surface area contributed by atoms with Crippen molar-refractivity contribution < 1.29 is 14.3 Å². The monoisotopic (exact) mass is 314 g/mol. The van der Waals surface area contributed by atoms with E-state index in [1.807, 2.05) is 6.07 Å². The molecule has 1 aromatic heterocycles. The van der Waals surface area contributed by atoms with Gasteiger partial charge in [-0.3, -0.25) is 0 Å². The van der Waals surface area contributed by atoms with E-state index in [0.29, 0.717) is 4.67 Å². The van der Waals surface area contributed by atoms with Crippen LogP contribution in [0, 0.1) is 5.92 Å². The zero-order valence-corrected chi connectivity index (χ0v) is 12.0. The molecule has 2 unspecified atom stereocenters. The van der Waals surface area contributed by atoms with Crippen LogP contribution in [-0.2, 0) is 4.74 Å². The first-order valence-corrected chi connectivity index (χ1v) is 7.54. The molecule has 1 aliphatic carbocycles. The largest absolute Gasteiger partial charge is 0.457 e. The van der Waals surface area contributed by atoms with Crippen molar-refractivity contribution in [2.24, 2.45) is 5.92 Å². The van der Waals surface area contributed by atoms with E-state index in [1.54, 1.807) is 6.26 Å². The standard InChI is InChI=1S/C14H19BrO3/c15-13-11(4-7-17-13)12(16)10-3-8-18-14(9-10)5-1-2-6-14/h4,7,10,12,16H,1-3,5-6,8-9H2. The van der Waals surface area contributed by atoms with Crippen molar-refractivity contribution in [3.05, 3.63) is 22.6 Å². The van der Waals surface area contributed by atoms with Gasteiger partial charge in [0, 0.05) is 12.2 Å². The molecule has 0 aromatic carbocycles. The van der Waals surface area contributed by atoms with Crippen molar-refractivity contribution in [2.75, 3.05) is 6.61 Å². The quantitative estimate of drug-likeness (QED) is 0.902. The summed E-state index contributed by atoms with van der Waals surface area (Å²) in [5.41, 5.74) is 0.926. The molecule has 1 aromatic rings. The Bertz CT molecular complexity index is 409. The van der Waals surface area contributed by atoms with Gasteiger partial charge in [-0.25, -0.2) is 0 Å². The molecule has 1 spiro atoms. The Labute approximate surface area is 116 Å². The van der Waals surface area contributed by atoms with Crippen molar-refractivity contribution in [3.8, 4) is 0 Å². The molecule has 2 aliphatic rings. The second kappa shape index (κ2) is 4.99. The third-order valence-electron chi connectivity index (χ3n) is 4.46. The predicted molar refractivity (Wildman–Crippen MR) is 71.2 cm³/mol. The summed E-state index contributed by atoms with van der Waals surface area (Å²) in [5.74, 6) is 0.283. The highest BCUT2D eigenvalue weighted by atomic mass is 79.9. The molecule has 1 aliphatic heterocycles. The van der Waals surface area contributed by atoms with Gasteiger partial charge in [0.2, 0.25) is 0 Å². The summed E-state index contributed by atoms with van der Waals surface area (Å²) in [7, 11) is 0. The maximum atomic E-state index is 10.5. The number of furan rings is 1. The van der Waals surface area contributed by atoms with Crippen LogP contribution in [0.2, 0.25) is 0 Å². The van der Waals surface area contributed by atoms with Crippen LogP contribution in [-0.4, -0.2) is 17.3 Å². The van der Waals surface area contributed by atoms with E-state index in [1.165, 1.54) is 12.8 Å². The Balaban J connectivity index is 1.74. The van der Waals surface area contributed by atoms with Crippen molar-refractivity contribution in [2.45, 2.75) is 50.2 Å². The van der Waals surface area contributed by atoms with Crippen LogP contribution in [0.1, 0.15) is 50.2 Å². The Morgan fingerprint density at radius 2 is 2.17 bits per heavy atom. The Morgan fingerprint density at radius 1 is 1.39 bits per heavy atom. The molecule has 2 heterocycles. The number of halogens is 1. The normalized spacial score (nSPS) is 28.7. The smallest absolute Gasteiger partial charge is 0.174 e. The van der Waals surface area contributed by atoms with Gasteiger partial charge < -0.3 is 14.3 Å². The van der Waals surface area contributed by atoms with E-state index in [9.17, 15) is 5.11 Å². The Kier molecular flexibility index (Phi) is 3.52. The minimum Gasteiger partial charge on any atom is -0.457 e. The molecule has 0 radical (unpaired) electrons. The summed E-state index contributed by atoms with van der Waals surface area (Å²) in [4.78, 5) is 0. The first kappa shape index (κ1) is 12.7. The summed E-state index contributed by atoms with van der Waals surface area (Å²) < 4.78 is 11.9. The van der Waals surface area contributed by atoms with Gasteiger partial charge in [0.1, 0.15) is 0 Å². The third-order valence-corrected chi connectivity index (χ3v) is 5.10. The molecule has 1 saturated carbocycles. The maximum Gasteiger partial charge on any atom is 0.174 e. The SMILES string of the molecule is OC(c1ccoc1Br)C1CCOC2(CCCC2)C1. The van der Waals surface area contributed by atoms with Gasteiger partial charge in [0.15, 0.2) is 4.67 Å². The highest BCUT2D eigenvalue weighted by molar-refractivity contribution is 9.10. The van der Waals surface area contributed by atoms with Gasteiger partial charge in [-0.15, -0.1) is 0 Å². The molecule has 2 fully saturated rings. The zero-order valence-electron chi connectivity index (χ0n) is 10.4. The van der Waals surface area contributed by atoms with E-state index in [2.05, 4.69) is 15.9 Å². The van der Waals surface area contributed by atoms with Crippen LogP contribution in [0.25, 0.3) is 0 Å². The third kappa shape index (κ3) is 2.26. The molecule has 0 amide bonds. The Morgan fingerprint density at radius 3 is 2.83 bits per heavy atom. The minimum absolute atomic E-state index is 0.0557. The van der Waals surface area contributed by atoms with E-state index in [-0.39, 0.29) is 11.5 Å². The molecule has 4 heteroatoms. The highest BCUT2D eigenvalue weighted by Gasteiger charge is 2.42. The number of rotatable bonds is 2. The van der Waals surface area contributed by atoms with E-state index in [4.69, 9.17) is 9.15 Å². The molecular formula is C14H19BrO3. The first-order chi connectivity index (χ1) is 8.70. The number of aliphatic hydroxyl groups is 1. The first-order valence-electron chi connectivity index (χ1n) is 6.75. The van der Waals surface area contributed by atoms with Crippen molar-refractivity contribution in [3.63, 3.8) is 0 Å². The number of hydrogen-bond donors (Lipinski definition) is 1. The number of ether oxygens (including phenoxy) is 1. The molecule has 1 saturated heterocycles. The lowest BCUT2D eigenvalue weighted by Gasteiger charge is -2.40. The molecule has 1 N–H and O–H groups in total. The number of hydrogen-bond acceptors (Lipinski definition) is 3. The van der Waals surface area contributed by atoms with Gasteiger partial charge in [-0.05, 0) is 53.6 Å². The minimum atomic E-state index is -0.445. The lowest BCUT2D eigenvalue weighted by atomic mass is 9.80. The zero-order chi connectivity index (χ0) is 12.6. The van der Waals surface area contributed by atoms with Crippen molar-refractivity contribution in [1.82, 2.24) is 0 Å². The fraction of sp³-hybridized carbons (Fsp3) is 0.714. The summed E-state index contributed by atoms with van der Waals surface area (Å²) in [6, 6.07) is 1.85. The van der Waals surface area contributed by atoms with Gasteiger partial charge in [0.25, 0.3) is 0 Å². The summed E-state index contributed by atoms with van der Waals surface area (Å²) >= 11 is 3.35. The van der Waals surface area contributed by atoms with Crippen LogP contribution in [0.15, 0.2) is 21.4 Å². The second-order valence-electron chi connectivity index (χ2n) is 5.59. The average molecular weight is 315 g/mol. The van der Waals surface area contributed by atoms with Crippen molar-refractivity contribution >= 4 is 15.9 Å². The predicted octanol–water partition coefficient (Wildman–Crippen LogP) is 3.81. The summed E-state index contributed by atoms with van der Waals surface area (Å²) in [5, 5.41) is 10.5. The topological polar surface area (TPSA) is 42.6 Å². The number of aliphatic hydroxyl groups excluding tert-OH is 1. The molecule has 0 bridgehead atoms. The van der Waals surface area contributed by atoms with Gasteiger partial charge >= 0.3 is 0 Å². The van der Waals surface area contributed by atoms with Crippen molar-refractivity contribution in [1.29, 1.82) is 0 Å². The summed E-state index contributed by atoms with van der Waals surface area (Å²) in [6.07, 6.45) is 7.92. The molecule has 100 valence electrons. The fourth-order valence-electron chi connectivity index (χ4n) is 3.47. The second-order valence-corrected chi connectivity index (χ2v) is 6.31. The van der Waals surface area contributed by atoms with Crippen LogP contribution >= 0.6 is 15.9 Å². The molecule has 3 nitrogen and oxygen atoms in total. The van der Waals surface area contributed by atoms with Crippen LogP contribution in [0.3, 0.4) is 0 Å². The molecule has 3 rings (SSSR count). The van der Waals surface area contributed by atoms with Gasteiger partial charge in [-0.2, -0.15) is 0 Å². The van der Waals surface area contributed by atoms with E-state index in [0.717, 1.165) is 37.9 Å². The van der Waals surface area contributed by atoms with Crippen LogP contribution in [0.4, 0.5) is 0 Å². The lowest BCUT2D eigenvalue weighted by Crippen LogP contribution is -2.39. The van der Waals surface area contributed by atoms with Crippen LogP contribution < -0.4 is 0 Å². The molecule has 18 heavy (non-hydrogen) atoms. The molecular weight excluding hydrogens is 296 g/mol. The fourth-order valence-corrected chi connectivity index (χ4v) is 3.95. The lowest BCUT2D eigenvalue weighted by molar-refractivity contribution is -0.113. The van der Waals surface area contributed by atoms with Crippen LogP contribution in [0.5, 0.6) is 0 Å². The van der Waals surface area contributed by atoms with Gasteiger partial charge in [-0.1, -0.05) is 12.8 Å². The Hall–Kier alpha value is -0.320. The van der Waals surface area contributed by atoms with E-state index >= 15 is 0 Å². The maximum absolute atomic E-state index is 10.5.